The van der Waals surface area contributed by atoms with E-state index in [1.165, 1.54) is 0 Å². The van der Waals surface area contributed by atoms with Crippen molar-refractivity contribution in [3.63, 3.8) is 0 Å². The summed E-state index contributed by atoms with van der Waals surface area (Å²) in [5.74, 6) is -1.44. The smallest absolute Gasteiger partial charge is 0.306 e. The first-order chi connectivity index (χ1) is 7.96. The normalized spacial score (nSPS) is 43.9. The van der Waals surface area contributed by atoms with Crippen LogP contribution in [0.15, 0.2) is 0 Å². The second-order valence-electron chi connectivity index (χ2n) is 5.03. The third kappa shape index (κ3) is 1.76. The van der Waals surface area contributed by atoms with Crippen molar-refractivity contribution in [2.24, 2.45) is 5.92 Å². The Balaban J connectivity index is 1.72. The van der Waals surface area contributed by atoms with Gasteiger partial charge in [-0.15, -0.1) is 0 Å². The van der Waals surface area contributed by atoms with Crippen LogP contribution in [0.25, 0.3) is 0 Å². The van der Waals surface area contributed by atoms with Crippen LogP contribution in [0.3, 0.4) is 0 Å². The van der Waals surface area contributed by atoms with E-state index in [2.05, 4.69) is 0 Å². The molecule has 3 fully saturated rings. The third-order valence-corrected chi connectivity index (χ3v) is 3.21. The number of cyclic esters (lactones) is 1. The van der Waals surface area contributed by atoms with Gasteiger partial charge in [0.05, 0.1) is 13.0 Å². The Hall–Kier alpha value is -0.980. The topological polar surface area (TPSA) is 71.1 Å². The second-order valence-corrected chi connectivity index (χ2v) is 5.03. The lowest BCUT2D eigenvalue weighted by Crippen LogP contribution is -2.34. The molecule has 1 unspecified atom stereocenters. The summed E-state index contributed by atoms with van der Waals surface area (Å²) in [5, 5.41) is 0. The van der Waals surface area contributed by atoms with Gasteiger partial charge >= 0.3 is 5.97 Å². The number of carbonyl (C=O) groups is 2. The lowest BCUT2D eigenvalue weighted by atomic mass is 9.97. The second kappa shape index (κ2) is 3.51. The van der Waals surface area contributed by atoms with E-state index < -0.39 is 24.3 Å². The first-order valence-electron chi connectivity index (χ1n) is 5.67. The van der Waals surface area contributed by atoms with E-state index in [9.17, 15) is 9.59 Å². The van der Waals surface area contributed by atoms with Crippen LogP contribution in [0.4, 0.5) is 0 Å². The quantitative estimate of drug-likeness (QED) is 0.602. The molecule has 3 rings (SSSR count). The molecule has 3 saturated heterocycles. The Morgan fingerprint density at radius 3 is 2.53 bits per heavy atom. The molecule has 0 N–H and O–H groups in total. The van der Waals surface area contributed by atoms with Crippen molar-refractivity contribution in [2.75, 3.05) is 6.61 Å². The van der Waals surface area contributed by atoms with Gasteiger partial charge in [0.1, 0.15) is 6.10 Å². The van der Waals surface area contributed by atoms with E-state index in [0.29, 0.717) is 0 Å². The minimum absolute atomic E-state index is 0.149. The summed E-state index contributed by atoms with van der Waals surface area (Å²) in [7, 11) is 0. The zero-order chi connectivity index (χ0) is 12.2. The number of esters is 1. The lowest BCUT2D eigenvalue weighted by molar-refractivity contribution is -0.209. The maximum atomic E-state index is 12.1. The molecular weight excluding hydrogens is 228 g/mol. The number of ether oxygens (including phenoxy) is 4. The lowest BCUT2D eigenvalue weighted by Gasteiger charge is -2.21. The van der Waals surface area contributed by atoms with Gasteiger partial charge in [-0.3, -0.25) is 9.59 Å². The summed E-state index contributed by atoms with van der Waals surface area (Å²) < 4.78 is 21.3. The first-order valence-corrected chi connectivity index (χ1v) is 5.67. The maximum absolute atomic E-state index is 12.1. The molecular formula is C11H14O6. The summed E-state index contributed by atoms with van der Waals surface area (Å²) in [6.07, 6.45) is -1.75. The van der Waals surface area contributed by atoms with E-state index in [1.54, 1.807) is 13.8 Å². The van der Waals surface area contributed by atoms with Crippen molar-refractivity contribution in [1.82, 2.24) is 0 Å². The number of carbonyl (C=O) groups excluding carboxylic acids is 2. The van der Waals surface area contributed by atoms with Crippen molar-refractivity contribution in [1.29, 1.82) is 0 Å². The Labute approximate surface area is 98.1 Å². The molecule has 3 aliphatic heterocycles. The fourth-order valence-electron chi connectivity index (χ4n) is 2.47. The zero-order valence-corrected chi connectivity index (χ0v) is 9.67. The van der Waals surface area contributed by atoms with Crippen LogP contribution in [0.5, 0.6) is 0 Å². The molecule has 0 amide bonds. The molecule has 0 bridgehead atoms. The van der Waals surface area contributed by atoms with Crippen LogP contribution in [0.1, 0.15) is 20.3 Å². The Morgan fingerprint density at radius 1 is 1.18 bits per heavy atom. The summed E-state index contributed by atoms with van der Waals surface area (Å²) in [6, 6.07) is 0. The van der Waals surface area contributed by atoms with Crippen molar-refractivity contribution >= 4 is 11.8 Å². The number of hydrogen-bond acceptors (Lipinski definition) is 6. The highest BCUT2D eigenvalue weighted by Crippen LogP contribution is 2.38. The number of Topliss-reactive ketones (excluding diaryl/α,β-unsaturated/α-hetero) is 1. The highest BCUT2D eigenvalue weighted by Gasteiger charge is 2.56. The van der Waals surface area contributed by atoms with Crippen molar-refractivity contribution in [3.05, 3.63) is 0 Å². The van der Waals surface area contributed by atoms with Gasteiger partial charge in [-0.2, -0.15) is 0 Å². The molecule has 0 aromatic carbocycles. The molecule has 0 aromatic heterocycles. The predicted octanol–water partition coefficient (Wildman–Crippen LogP) is -0.00500. The van der Waals surface area contributed by atoms with Crippen LogP contribution >= 0.6 is 0 Å². The largest absolute Gasteiger partial charge is 0.465 e. The number of ketones is 1. The van der Waals surface area contributed by atoms with Gasteiger partial charge < -0.3 is 18.9 Å². The molecule has 3 heterocycles. The molecule has 94 valence electrons. The zero-order valence-electron chi connectivity index (χ0n) is 9.67. The Kier molecular flexibility index (Phi) is 2.30. The van der Waals surface area contributed by atoms with E-state index >= 15 is 0 Å². The average molecular weight is 242 g/mol. The van der Waals surface area contributed by atoms with Crippen molar-refractivity contribution < 1.29 is 28.5 Å². The fourth-order valence-corrected chi connectivity index (χ4v) is 2.47. The standard InChI is InChI=1S/C11H14O6/c1-11(2)16-9-7(13)8(15-10(9)17-11)5-3-6(12)14-4-5/h5,8-10H,3-4H2,1-2H3/t5?,8-,9-,10-/m1/s1. The van der Waals surface area contributed by atoms with Crippen LogP contribution in [-0.4, -0.2) is 42.6 Å². The van der Waals surface area contributed by atoms with Gasteiger partial charge in [-0.05, 0) is 13.8 Å². The van der Waals surface area contributed by atoms with Gasteiger partial charge in [0, 0.05) is 5.92 Å². The van der Waals surface area contributed by atoms with Gasteiger partial charge in [0.25, 0.3) is 0 Å². The number of fused-ring (bicyclic) bond motifs is 1. The van der Waals surface area contributed by atoms with Gasteiger partial charge in [0.2, 0.25) is 0 Å². The molecule has 17 heavy (non-hydrogen) atoms. The van der Waals surface area contributed by atoms with Crippen molar-refractivity contribution in [2.45, 2.75) is 44.6 Å². The van der Waals surface area contributed by atoms with Gasteiger partial charge in [0.15, 0.2) is 24.0 Å². The number of rotatable bonds is 1. The summed E-state index contributed by atoms with van der Waals surface area (Å²) in [6.45, 7) is 3.70. The monoisotopic (exact) mass is 242 g/mol. The van der Waals surface area contributed by atoms with Gasteiger partial charge in [-0.25, -0.2) is 0 Å². The highest BCUT2D eigenvalue weighted by atomic mass is 16.8. The van der Waals surface area contributed by atoms with Gasteiger partial charge in [-0.1, -0.05) is 0 Å². The molecule has 4 atom stereocenters. The van der Waals surface area contributed by atoms with Crippen LogP contribution in [-0.2, 0) is 28.5 Å². The molecule has 6 heteroatoms. The fraction of sp³-hybridized carbons (Fsp3) is 0.818. The Bertz CT molecular complexity index is 376. The van der Waals surface area contributed by atoms with E-state index in [4.69, 9.17) is 18.9 Å². The van der Waals surface area contributed by atoms with E-state index in [0.717, 1.165) is 0 Å². The predicted molar refractivity (Wildman–Crippen MR) is 52.8 cm³/mol. The average Bonchev–Trinajstić information content (AvgIpc) is 2.83. The molecule has 0 radical (unpaired) electrons. The minimum atomic E-state index is -0.794. The third-order valence-electron chi connectivity index (χ3n) is 3.21. The molecule has 3 aliphatic rings. The molecule has 0 aliphatic carbocycles. The number of hydrogen-bond donors (Lipinski definition) is 0. The summed E-state index contributed by atoms with van der Waals surface area (Å²) in [5.41, 5.74) is 0. The highest BCUT2D eigenvalue weighted by molar-refractivity contribution is 5.91. The van der Waals surface area contributed by atoms with E-state index in [1.807, 2.05) is 0 Å². The SMILES string of the molecule is CC1(C)O[C@H]2O[C@H](C3COC(=O)C3)C(=O)[C@H]2O1. The van der Waals surface area contributed by atoms with Crippen LogP contribution in [0, 0.1) is 5.92 Å². The molecule has 0 aromatic rings. The first kappa shape index (κ1) is 11.1. The maximum Gasteiger partial charge on any atom is 0.306 e. The summed E-state index contributed by atoms with van der Waals surface area (Å²) in [4.78, 5) is 23.1. The van der Waals surface area contributed by atoms with Crippen molar-refractivity contribution in [3.8, 4) is 0 Å². The summed E-state index contributed by atoms with van der Waals surface area (Å²) >= 11 is 0. The van der Waals surface area contributed by atoms with E-state index in [-0.39, 0.29) is 30.7 Å². The van der Waals surface area contributed by atoms with Crippen LogP contribution < -0.4 is 0 Å². The molecule has 0 spiro atoms. The molecule has 0 saturated carbocycles. The van der Waals surface area contributed by atoms with Crippen LogP contribution in [0.2, 0.25) is 0 Å². The minimum Gasteiger partial charge on any atom is -0.465 e. The molecule has 6 nitrogen and oxygen atoms in total. The Morgan fingerprint density at radius 2 is 1.94 bits per heavy atom.